The fourth-order valence-corrected chi connectivity index (χ4v) is 2.53. The highest BCUT2D eigenvalue weighted by Crippen LogP contribution is 2.39. The molecule has 21 heavy (non-hydrogen) atoms. The SMILES string of the molecule is CC1=CC(N)=NC(O)N1[C@@H]1O[C@H](CO)[C@H](O)C1(F)C#CCl. The van der Waals surface area contributed by atoms with Gasteiger partial charge in [0, 0.05) is 11.1 Å². The van der Waals surface area contributed by atoms with Crippen molar-refractivity contribution in [1.82, 2.24) is 4.90 Å². The average Bonchev–Trinajstić information content (AvgIpc) is 2.63. The van der Waals surface area contributed by atoms with Crippen molar-refractivity contribution in [1.29, 1.82) is 0 Å². The van der Waals surface area contributed by atoms with Crippen LogP contribution in [0.2, 0.25) is 0 Å². The van der Waals surface area contributed by atoms with Gasteiger partial charge in [-0.25, -0.2) is 9.38 Å². The molecule has 1 saturated heterocycles. The molecular weight excluding hydrogens is 305 g/mol. The number of alkyl halides is 1. The number of amidine groups is 1. The number of ether oxygens (including phenoxy) is 1. The Morgan fingerprint density at radius 3 is 2.81 bits per heavy atom. The highest BCUT2D eigenvalue weighted by molar-refractivity contribution is 6.30. The van der Waals surface area contributed by atoms with Crippen molar-refractivity contribution in [3.05, 3.63) is 11.8 Å². The molecule has 0 amide bonds. The van der Waals surface area contributed by atoms with Crippen molar-refractivity contribution < 1.29 is 24.4 Å². The molecule has 7 nitrogen and oxygen atoms in total. The first-order valence-electron chi connectivity index (χ1n) is 6.09. The van der Waals surface area contributed by atoms with Crippen LogP contribution < -0.4 is 5.73 Å². The van der Waals surface area contributed by atoms with Crippen LogP contribution in [0.1, 0.15) is 6.92 Å². The van der Waals surface area contributed by atoms with E-state index in [0.29, 0.717) is 5.70 Å². The summed E-state index contributed by atoms with van der Waals surface area (Å²) in [6.07, 6.45) is -4.54. The Bertz CT molecular complexity index is 546. The maximum Gasteiger partial charge on any atom is 0.244 e. The lowest BCUT2D eigenvalue weighted by Gasteiger charge is -2.38. The highest BCUT2D eigenvalue weighted by Gasteiger charge is 2.60. The fraction of sp³-hybridized carbons (Fsp3) is 0.583. The van der Waals surface area contributed by atoms with Gasteiger partial charge in [0.1, 0.15) is 18.0 Å². The van der Waals surface area contributed by atoms with E-state index in [-0.39, 0.29) is 5.84 Å². The second kappa shape index (κ2) is 5.79. The summed E-state index contributed by atoms with van der Waals surface area (Å²) in [5.74, 6) is 2.11. The van der Waals surface area contributed by atoms with E-state index in [0.717, 1.165) is 4.90 Å². The Labute approximate surface area is 125 Å². The molecule has 5 atom stereocenters. The minimum Gasteiger partial charge on any atom is -0.394 e. The smallest absolute Gasteiger partial charge is 0.244 e. The molecule has 0 spiro atoms. The van der Waals surface area contributed by atoms with Crippen molar-refractivity contribution in [2.45, 2.75) is 37.4 Å². The van der Waals surface area contributed by atoms with Gasteiger partial charge < -0.3 is 30.7 Å². The Morgan fingerprint density at radius 1 is 1.62 bits per heavy atom. The van der Waals surface area contributed by atoms with E-state index < -0.39 is 37.1 Å². The number of aliphatic hydroxyl groups is 3. The lowest BCUT2D eigenvalue weighted by Crippen LogP contribution is -2.54. The third-order valence-corrected chi connectivity index (χ3v) is 3.49. The number of nitrogens with two attached hydrogens (primary N) is 1. The number of halogens is 2. The number of hydrogen-bond acceptors (Lipinski definition) is 7. The topological polar surface area (TPSA) is 112 Å². The fourth-order valence-electron chi connectivity index (χ4n) is 2.38. The highest BCUT2D eigenvalue weighted by atomic mass is 35.5. The van der Waals surface area contributed by atoms with Crippen LogP contribution in [0.5, 0.6) is 0 Å². The van der Waals surface area contributed by atoms with Crippen molar-refractivity contribution >= 4 is 17.4 Å². The van der Waals surface area contributed by atoms with E-state index in [4.69, 9.17) is 27.2 Å². The monoisotopic (exact) mass is 319 g/mol. The molecule has 0 aromatic rings. The van der Waals surface area contributed by atoms with E-state index in [1.807, 2.05) is 11.3 Å². The number of rotatable bonds is 2. The minimum atomic E-state index is -2.60. The van der Waals surface area contributed by atoms with Crippen LogP contribution in [0, 0.1) is 11.3 Å². The zero-order chi connectivity index (χ0) is 15.8. The summed E-state index contributed by atoms with van der Waals surface area (Å²) in [7, 11) is 0. The predicted octanol–water partition coefficient (Wildman–Crippen LogP) is -1.17. The lowest BCUT2D eigenvalue weighted by molar-refractivity contribution is -0.136. The molecule has 9 heteroatoms. The van der Waals surface area contributed by atoms with Gasteiger partial charge in [-0.3, -0.25) is 0 Å². The summed E-state index contributed by atoms with van der Waals surface area (Å²) in [6, 6.07) is 0. The van der Waals surface area contributed by atoms with Gasteiger partial charge in [0.05, 0.1) is 6.61 Å². The van der Waals surface area contributed by atoms with Gasteiger partial charge in [-0.05, 0) is 30.5 Å². The molecule has 2 unspecified atom stereocenters. The summed E-state index contributed by atoms with van der Waals surface area (Å²) < 4.78 is 20.3. The Balaban J connectivity index is 2.41. The zero-order valence-electron chi connectivity index (χ0n) is 11.1. The standard InChI is InChI=1S/C12H15ClFN3O4/c1-6-4-8(15)16-11(20)17(6)10-12(14,2-3-13)9(19)7(5-18)21-10/h4,7,9-11,18-20H,5H2,1H3,(H2,15,16)/t7-,9+,10-,11?,12?/m1/s1. The van der Waals surface area contributed by atoms with E-state index >= 15 is 4.39 Å². The number of aliphatic hydroxyl groups excluding tert-OH is 3. The van der Waals surface area contributed by atoms with Gasteiger partial charge in [0.15, 0.2) is 6.23 Å². The molecule has 2 rings (SSSR count). The molecule has 1 fully saturated rings. The van der Waals surface area contributed by atoms with E-state index in [1.54, 1.807) is 6.92 Å². The maximum atomic E-state index is 15.0. The molecule has 5 N–H and O–H groups in total. The largest absolute Gasteiger partial charge is 0.394 e. The first-order valence-corrected chi connectivity index (χ1v) is 6.47. The minimum absolute atomic E-state index is 0.0707. The van der Waals surface area contributed by atoms with Crippen molar-refractivity contribution in [2.75, 3.05) is 6.61 Å². The Morgan fingerprint density at radius 2 is 2.29 bits per heavy atom. The normalized spacial score (nSPS) is 39.4. The molecule has 2 heterocycles. The second-order valence-electron chi connectivity index (χ2n) is 4.74. The molecule has 0 aromatic carbocycles. The number of hydrogen-bond donors (Lipinski definition) is 4. The van der Waals surface area contributed by atoms with E-state index in [9.17, 15) is 10.2 Å². The predicted molar refractivity (Wildman–Crippen MR) is 72.4 cm³/mol. The van der Waals surface area contributed by atoms with Crippen LogP contribution in [0.3, 0.4) is 0 Å². The van der Waals surface area contributed by atoms with Crippen LogP contribution in [0.25, 0.3) is 0 Å². The molecule has 0 radical (unpaired) electrons. The first-order chi connectivity index (χ1) is 9.85. The third kappa shape index (κ3) is 2.59. The van der Waals surface area contributed by atoms with Crippen molar-refractivity contribution in [2.24, 2.45) is 10.7 Å². The summed E-state index contributed by atoms with van der Waals surface area (Å²) in [5, 5.41) is 30.9. The molecule has 116 valence electrons. The molecule has 2 aliphatic heterocycles. The first kappa shape index (κ1) is 16.0. The van der Waals surface area contributed by atoms with Gasteiger partial charge in [-0.2, -0.15) is 0 Å². The Kier molecular flexibility index (Phi) is 4.41. The second-order valence-corrected chi connectivity index (χ2v) is 4.92. The third-order valence-electron chi connectivity index (χ3n) is 3.39. The van der Waals surface area contributed by atoms with Crippen molar-refractivity contribution in [3.8, 4) is 11.3 Å². The summed E-state index contributed by atoms with van der Waals surface area (Å²) in [4.78, 5) is 4.75. The lowest BCUT2D eigenvalue weighted by atomic mass is 9.96. The molecule has 0 aliphatic carbocycles. The molecular formula is C12H15ClFN3O4. The number of allylic oxidation sites excluding steroid dienone is 1. The summed E-state index contributed by atoms with van der Waals surface area (Å²) in [5.41, 5.74) is 3.26. The van der Waals surface area contributed by atoms with E-state index in [2.05, 4.69) is 4.99 Å². The molecule has 0 aromatic heterocycles. The van der Waals surface area contributed by atoms with Crippen LogP contribution in [-0.2, 0) is 4.74 Å². The van der Waals surface area contributed by atoms with Crippen molar-refractivity contribution in [3.63, 3.8) is 0 Å². The van der Waals surface area contributed by atoms with Gasteiger partial charge in [0.2, 0.25) is 12.0 Å². The van der Waals surface area contributed by atoms with Gasteiger partial charge in [-0.15, -0.1) is 0 Å². The Hall–Kier alpha value is -1.37. The van der Waals surface area contributed by atoms with Crippen LogP contribution in [0.15, 0.2) is 16.8 Å². The quantitative estimate of drug-likeness (QED) is 0.477. The van der Waals surface area contributed by atoms with Crippen LogP contribution in [0.4, 0.5) is 4.39 Å². The number of aliphatic imine (C=N–C) groups is 1. The van der Waals surface area contributed by atoms with E-state index in [1.165, 1.54) is 6.08 Å². The summed E-state index contributed by atoms with van der Waals surface area (Å²) in [6.45, 7) is 0.937. The van der Waals surface area contributed by atoms with Gasteiger partial charge in [0.25, 0.3) is 0 Å². The molecule has 2 aliphatic rings. The van der Waals surface area contributed by atoms with Crippen LogP contribution >= 0.6 is 11.6 Å². The molecule has 0 bridgehead atoms. The average molecular weight is 320 g/mol. The van der Waals surface area contributed by atoms with Gasteiger partial charge >= 0.3 is 0 Å². The maximum absolute atomic E-state index is 15.0. The molecule has 0 saturated carbocycles. The zero-order valence-corrected chi connectivity index (χ0v) is 11.8. The van der Waals surface area contributed by atoms with Gasteiger partial charge in [-0.1, -0.05) is 0 Å². The number of nitrogens with zero attached hydrogens (tertiary/aromatic N) is 2. The summed E-state index contributed by atoms with van der Waals surface area (Å²) >= 11 is 5.25. The van der Waals surface area contributed by atoms with Crippen LogP contribution in [-0.4, -0.2) is 63.1 Å².